The second-order valence-corrected chi connectivity index (χ2v) is 7.71. The summed E-state index contributed by atoms with van der Waals surface area (Å²) >= 11 is 1.66. The van der Waals surface area contributed by atoms with Gasteiger partial charge in [-0.3, -0.25) is 0 Å². The number of nitrogens with zero attached hydrogens (tertiary/aromatic N) is 3. The van der Waals surface area contributed by atoms with Crippen LogP contribution in [0, 0.1) is 24.1 Å². The third kappa shape index (κ3) is 4.03. The second-order valence-electron chi connectivity index (χ2n) is 6.73. The first-order valence-electron chi connectivity index (χ1n) is 9.08. The van der Waals surface area contributed by atoms with E-state index in [0.717, 1.165) is 10.9 Å². The summed E-state index contributed by atoms with van der Waals surface area (Å²) in [7, 11) is 0. The standard InChI is InChI=1S/C22H18FN5S/c1-13-9-16(23)11-17(10-13)26-22-27-20-15(12-24)5-3-6-18(20)21(28-22)25-14(2)19-7-4-8-29-19/h3-11,14H,1-2H3,(H2,25,26,27,28). The number of anilines is 3. The number of aromatic nitrogens is 2. The fourth-order valence-electron chi connectivity index (χ4n) is 3.16. The monoisotopic (exact) mass is 403 g/mol. The van der Waals surface area contributed by atoms with Crippen molar-refractivity contribution in [3.8, 4) is 6.07 Å². The van der Waals surface area contributed by atoms with Crippen LogP contribution in [0.2, 0.25) is 0 Å². The number of para-hydroxylation sites is 1. The molecular formula is C22H18FN5S. The van der Waals surface area contributed by atoms with E-state index in [2.05, 4.69) is 39.7 Å². The van der Waals surface area contributed by atoms with E-state index in [9.17, 15) is 9.65 Å². The van der Waals surface area contributed by atoms with Crippen LogP contribution in [0.1, 0.15) is 29.0 Å². The van der Waals surface area contributed by atoms with Crippen molar-refractivity contribution in [3.63, 3.8) is 0 Å². The number of fused-ring (bicyclic) bond motifs is 1. The molecule has 4 rings (SSSR count). The minimum Gasteiger partial charge on any atom is -0.362 e. The number of benzene rings is 2. The summed E-state index contributed by atoms with van der Waals surface area (Å²) in [4.78, 5) is 10.3. The summed E-state index contributed by atoms with van der Waals surface area (Å²) < 4.78 is 13.8. The van der Waals surface area contributed by atoms with Gasteiger partial charge in [-0.25, -0.2) is 9.37 Å². The van der Waals surface area contributed by atoms with Crippen LogP contribution >= 0.6 is 11.3 Å². The first kappa shape index (κ1) is 18.8. The molecule has 0 aliphatic heterocycles. The fraction of sp³-hybridized carbons (Fsp3) is 0.136. The normalized spacial score (nSPS) is 11.8. The highest BCUT2D eigenvalue weighted by Crippen LogP contribution is 2.30. The number of hydrogen-bond acceptors (Lipinski definition) is 6. The number of nitrogens with one attached hydrogen (secondary N) is 2. The lowest BCUT2D eigenvalue weighted by Gasteiger charge is -2.16. The van der Waals surface area contributed by atoms with Crippen LogP contribution in [-0.2, 0) is 0 Å². The molecule has 7 heteroatoms. The predicted molar refractivity (Wildman–Crippen MR) is 115 cm³/mol. The van der Waals surface area contributed by atoms with E-state index >= 15 is 0 Å². The molecule has 2 aromatic heterocycles. The van der Waals surface area contributed by atoms with Gasteiger partial charge in [-0.1, -0.05) is 12.1 Å². The molecule has 0 saturated heterocycles. The third-order valence-corrected chi connectivity index (χ3v) is 5.52. The second kappa shape index (κ2) is 7.86. The highest BCUT2D eigenvalue weighted by atomic mass is 32.1. The Labute approximate surface area is 171 Å². The first-order chi connectivity index (χ1) is 14.0. The number of nitriles is 1. The molecule has 0 saturated carbocycles. The Bertz CT molecular complexity index is 1190. The van der Waals surface area contributed by atoms with Gasteiger partial charge >= 0.3 is 0 Å². The summed E-state index contributed by atoms with van der Waals surface area (Å²) in [6.07, 6.45) is 0. The van der Waals surface area contributed by atoms with E-state index in [-0.39, 0.29) is 11.9 Å². The molecule has 0 bridgehead atoms. The van der Waals surface area contributed by atoms with Crippen LogP contribution in [0.3, 0.4) is 0 Å². The van der Waals surface area contributed by atoms with E-state index < -0.39 is 0 Å². The third-order valence-electron chi connectivity index (χ3n) is 4.47. The number of halogens is 1. The molecule has 0 radical (unpaired) electrons. The van der Waals surface area contributed by atoms with Gasteiger partial charge in [-0.15, -0.1) is 11.3 Å². The van der Waals surface area contributed by atoms with Gasteiger partial charge < -0.3 is 10.6 Å². The van der Waals surface area contributed by atoms with Crippen LogP contribution in [0.15, 0.2) is 53.9 Å². The molecule has 0 spiro atoms. The lowest BCUT2D eigenvalue weighted by molar-refractivity contribution is 0.627. The molecule has 0 fully saturated rings. The SMILES string of the molecule is Cc1cc(F)cc(Nc2nc(NC(C)c3cccs3)c3cccc(C#N)c3n2)c1. The van der Waals surface area contributed by atoms with Crippen molar-refractivity contribution in [2.24, 2.45) is 0 Å². The number of hydrogen-bond donors (Lipinski definition) is 2. The molecule has 0 aliphatic rings. The molecule has 2 aromatic carbocycles. The summed E-state index contributed by atoms with van der Waals surface area (Å²) in [5, 5.41) is 18.8. The van der Waals surface area contributed by atoms with Crippen molar-refractivity contribution in [2.75, 3.05) is 10.6 Å². The van der Waals surface area contributed by atoms with Gasteiger partial charge in [0.25, 0.3) is 0 Å². The molecule has 1 atom stereocenters. The van der Waals surface area contributed by atoms with E-state index in [0.29, 0.717) is 28.5 Å². The van der Waals surface area contributed by atoms with Crippen molar-refractivity contribution in [3.05, 3.63) is 75.7 Å². The minimum absolute atomic E-state index is 0.0307. The molecule has 4 aromatic rings. The lowest BCUT2D eigenvalue weighted by Crippen LogP contribution is -2.09. The van der Waals surface area contributed by atoms with Gasteiger partial charge in [0.05, 0.1) is 17.1 Å². The smallest absolute Gasteiger partial charge is 0.229 e. The Morgan fingerprint density at radius 1 is 1.14 bits per heavy atom. The highest BCUT2D eigenvalue weighted by Gasteiger charge is 2.15. The molecule has 0 amide bonds. The maximum Gasteiger partial charge on any atom is 0.229 e. The topological polar surface area (TPSA) is 73.6 Å². The molecule has 29 heavy (non-hydrogen) atoms. The zero-order chi connectivity index (χ0) is 20.4. The van der Waals surface area contributed by atoms with E-state index in [1.54, 1.807) is 17.4 Å². The van der Waals surface area contributed by atoms with Crippen molar-refractivity contribution in [1.29, 1.82) is 5.26 Å². The van der Waals surface area contributed by atoms with Gasteiger partial charge in [0.2, 0.25) is 5.95 Å². The average molecular weight is 403 g/mol. The zero-order valence-electron chi connectivity index (χ0n) is 15.9. The Balaban J connectivity index is 1.79. The van der Waals surface area contributed by atoms with E-state index in [4.69, 9.17) is 0 Å². The zero-order valence-corrected chi connectivity index (χ0v) is 16.7. The van der Waals surface area contributed by atoms with Crippen molar-refractivity contribution >= 4 is 39.7 Å². The Morgan fingerprint density at radius 3 is 2.72 bits per heavy atom. The summed E-state index contributed by atoms with van der Waals surface area (Å²) in [6, 6.07) is 16.3. The minimum atomic E-state index is -0.337. The average Bonchev–Trinajstić information content (AvgIpc) is 3.22. The molecule has 144 valence electrons. The van der Waals surface area contributed by atoms with Crippen molar-refractivity contribution in [2.45, 2.75) is 19.9 Å². The van der Waals surface area contributed by atoms with Crippen molar-refractivity contribution in [1.82, 2.24) is 9.97 Å². The molecule has 2 heterocycles. The maximum atomic E-state index is 13.8. The van der Waals surface area contributed by atoms with E-state index in [1.807, 2.05) is 36.6 Å². The Morgan fingerprint density at radius 2 is 2.00 bits per heavy atom. The maximum absolute atomic E-state index is 13.8. The van der Waals surface area contributed by atoms with Gasteiger partial charge in [-0.2, -0.15) is 10.2 Å². The van der Waals surface area contributed by atoms with Gasteiger partial charge in [-0.05, 0) is 61.2 Å². The largest absolute Gasteiger partial charge is 0.362 e. The van der Waals surface area contributed by atoms with Crippen LogP contribution in [0.25, 0.3) is 10.9 Å². The van der Waals surface area contributed by atoms with Gasteiger partial charge in [0.15, 0.2) is 0 Å². The quantitative estimate of drug-likeness (QED) is 0.432. The molecule has 1 unspecified atom stereocenters. The Hall–Kier alpha value is -3.50. The van der Waals surface area contributed by atoms with Crippen LogP contribution in [-0.4, -0.2) is 9.97 Å². The summed E-state index contributed by atoms with van der Waals surface area (Å²) in [5.74, 6) is 0.574. The number of rotatable bonds is 5. The summed E-state index contributed by atoms with van der Waals surface area (Å²) in [6.45, 7) is 3.87. The summed E-state index contributed by atoms with van der Waals surface area (Å²) in [5.41, 5.74) is 2.33. The number of thiophene rings is 1. The first-order valence-corrected chi connectivity index (χ1v) is 9.96. The van der Waals surface area contributed by atoms with Crippen LogP contribution in [0.4, 0.5) is 21.8 Å². The number of aryl methyl sites for hydroxylation is 1. The molecule has 5 nitrogen and oxygen atoms in total. The van der Waals surface area contributed by atoms with Gasteiger partial charge in [0, 0.05) is 16.0 Å². The Kier molecular flexibility index (Phi) is 5.10. The van der Waals surface area contributed by atoms with Crippen LogP contribution < -0.4 is 10.6 Å². The lowest BCUT2D eigenvalue weighted by atomic mass is 10.1. The highest BCUT2D eigenvalue weighted by molar-refractivity contribution is 7.10. The predicted octanol–water partition coefficient (Wildman–Crippen LogP) is 5.93. The van der Waals surface area contributed by atoms with E-state index in [1.165, 1.54) is 17.0 Å². The molecule has 2 N–H and O–H groups in total. The molecule has 0 aliphatic carbocycles. The van der Waals surface area contributed by atoms with Crippen LogP contribution in [0.5, 0.6) is 0 Å². The fourth-order valence-corrected chi connectivity index (χ4v) is 3.89. The molecular weight excluding hydrogens is 385 g/mol. The van der Waals surface area contributed by atoms with Gasteiger partial charge in [0.1, 0.15) is 17.7 Å². The van der Waals surface area contributed by atoms with Crippen molar-refractivity contribution < 1.29 is 4.39 Å².